The van der Waals surface area contributed by atoms with Gasteiger partial charge in [-0.05, 0) is 32.4 Å². The van der Waals surface area contributed by atoms with Crippen molar-refractivity contribution in [2.24, 2.45) is 5.92 Å². The monoisotopic (exact) mass is 433 g/mol. The van der Waals surface area contributed by atoms with Crippen molar-refractivity contribution in [3.8, 4) is 0 Å². The maximum atomic E-state index is 14.1. The molecule has 6 heteroatoms. The van der Waals surface area contributed by atoms with Gasteiger partial charge in [0.1, 0.15) is 16.8 Å². The van der Waals surface area contributed by atoms with Gasteiger partial charge in [-0.3, -0.25) is 9.59 Å². The van der Waals surface area contributed by atoms with E-state index in [1.165, 1.54) is 13.2 Å². The first-order chi connectivity index (χ1) is 15.1. The number of hydrogen-bond donors (Lipinski definition) is 0. The molecule has 3 atom stereocenters. The van der Waals surface area contributed by atoms with Crippen LogP contribution in [-0.4, -0.2) is 30.5 Å². The lowest BCUT2D eigenvalue weighted by Gasteiger charge is -2.42. The predicted octanol–water partition coefficient (Wildman–Crippen LogP) is 4.74. The van der Waals surface area contributed by atoms with E-state index in [0.717, 1.165) is 10.5 Å². The van der Waals surface area contributed by atoms with Gasteiger partial charge in [0.05, 0.1) is 12.8 Å². The molecule has 0 saturated carbocycles. The summed E-state index contributed by atoms with van der Waals surface area (Å²) >= 11 is 0. The second-order valence-corrected chi connectivity index (χ2v) is 9.24. The van der Waals surface area contributed by atoms with E-state index in [2.05, 4.69) is 0 Å². The zero-order valence-corrected chi connectivity index (χ0v) is 18.9. The first kappa shape index (κ1) is 21.8. The van der Waals surface area contributed by atoms with Crippen LogP contribution in [0.25, 0.3) is 0 Å². The molecular formula is C26H27NO5. The van der Waals surface area contributed by atoms with E-state index in [4.69, 9.17) is 9.47 Å². The van der Waals surface area contributed by atoms with Crippen LogP contribution in [0.1, 0.15) is 44.7 Å². The van der Waals surface area contributed by atoms with Crippen molar-refractivity contribution in [3.63, 3.8) is 0 Å². The summed E-state index contributed by atoms with van der Waals surface area (Å²) in [6, 6.07) is 16.4. The van der Waals surface area contributed by atoms with Gasteiger partial charge in [-0.15, -0.1) is 0 Å². The number of rotatable bonds is 2. The Labute approximate surface area is 187 Å². The van der Waals surface area contributed by atoms with Crippen molar-refractivity contribution in [1.82, 2.24) is 0 Å². The molecule has 32 heavy (non-hydrogen) atoms. The Kier molecular flexibility index (Phi) is 5.19. The number of fused-ring (bicyclic) bond motifs is 2. The second kappa shape index (κ2) is 7.62. The third-order valence-electron chi connectivity index (χ3n) is 6.16. The SMILES string of the molecule is COC1=CC(=O)[C@@]2(C(=O)N(C(=O)OC(C)(C)C)c3ccccc32)[C@H](c2ccccc2)[C@H]1C. The van der Waals surface area contributed by atoms with Crippen LogP contribution in [0.5, 0.6) is 0 Å². The molecule has 1 aliphatic carbocycles. The molecule has 2 aliphatic rings. The lowest BCUT2D eigenvalue weighted by Crippen LogP contribution is -2.55. The number of carbonyl (C=O) groups is 3. The molecule has 2 aromatic rings. The fraction of sp³-hybridized carbons (Fsp3) is 0.346. The normalized spacial score (nSPS) is 24.9. The molecule has 2 aromatic carbocycles. The first-order valence-corrected chi connectivity index (χ1v) is 10.6. The maximum Gasteiger partial charge on any atom is 0.421 e. The molecule has 0 bridgehead atoms. The molecule has 0 radical (unpaired) electrons. The molecule has 0 unspecified atom stereocenters. The van der Waals surface area contributed by atoms with Gasteiger partial charge >= 0.3 is 6.09 Å². The van der Waals surface area contributed by atoms with Crippen molar-refractivity contribution >= 4 is 23.5 Å². The summed E-state index contributed by atoms with van der Waals surface area (Å²) < 4.78 is 11.1. The predicted molar refractivity (Wildman–Crippen MR) is 120 cm³/mol. The van der Waals surface area contributed by atoms with Crippen LogP contribution in [0.15, 0.2) is 66.4 Å². The number of ether oxygens (including phenoxy) is 2. The Bertz CT molecular complexity index is 1110. The summed E-state index contributed by atoms with van der Waals surface area (Å²) in [5.41, 5.74) is -0.676. The van der Waals surface area contributed by atoms with Crippen molar-refractivity contribution in [2.75, 3.05) is 12.0 Å². The Hall–Kier alpha value is -3.41. The Morgan fingerprint density at radius 3 is 2.25 bits per heavy atom. The Balaban J connectivity index is 1.99. The quantitative estimate of drug-likeness (QED) is 0.640. The van der Waals surface area contributed by atoms with Crippen LogP contribution in [0.3, 0.4) is 0 Å². The fourth-order valence-electron chi connectivity index (χ4n) is 4.94. The number of methoxy groups -OCH3 is 1. The van der Waals surface area contributed by atoms with Crippen molar-refractivity contribution in [2.45, 2.75) is 44.6 Å². The molecule has 0 fully saturated rings. The zero-order valence-electron chi connectivity index (χ0n) is 18.9. The summed E-state index contributed by atoms with van der Waals surface area (Å²) in [6.07, 6.45) is 0.609. The molecule has 0 N–H and O–H groups in total. The fourth-order valence-corrected chi connectivity index (χ4v) is 4.94. The summed E-state index contributed by atoms with van der Waals surface area (Å²) in [5.74, 6) is -1.32. The van der Waals surface area contributed by atoms with Gasteiger partial charge in [0.15, 0.2) is 5.78 Å². The van der Waals surface area contributed by atoms with Crippen LogP contribution in [0, 0.1) is 5.92 Å². The lowest BCUT2D eigenvalue weighted by atomic mass is 9.58. The third kappa shape index (κ3) is 3.13. The number of carbonyl (C=O) groups excluding carboxylic acids is 3. The van der Waals surface area contributed by atoms with Crippen LogP contribution in [0.4, 0.5) is 10.5 Å². The highest BCUT2D eigenvalue weighted by Crippen LogP contribution is 2.56. The first-order valence-electron chi connectivity index (χ1n) is 10.6. The molecular weight excluding hydrogens is 406 g/mol. The van der Waals surface area contributed by atoms with Crippen LogP contribution < -0.4 is 4.90 Å². The number of amides is 2. The minimum Gasteiger partial charge on any atom is -0.501 e. The van der Waals surface area contributed by atoms with Gasteiger partial charge in [-0.2, -0.15) is 0 Å². The molecule has 1 heterocycles. The van der Waals surface area contributed by atoms with Gasteiger partial charge < -0.3 is 9.47 Å². The number of anilines is 1. The van der Waals surface area contributed by atoms with Crippen molar-refractivity contribution in [3.05, 3.63) is 77.6 Å². The van der Waals surface area contributed by atoms with E-state index < -0.39 is 34.7 Å². The molecule has 4 rings (SSSR count). The van der Waals surface area contributed by atoms with E-state index in [9.17, 15) is 14.4 Å². The summed E-state index contributed by atoms with van der Waals surface area (Å²) in [6.45, 7) is 7.15. The number of benzene rings is 2. The van der Waals surface area contributed by atoms with Crippen molar-refractivity contribution < 1.29 is 23.9 Å². The largest absolute Gasteiger partial charge is 0.501 e. The topological polar surface area (TPSA) is 72.9 Å². The average molecular weight is 434 g/mol. The number of para-hydroxylation sites is 1. The molecule has 166 valence electrons. The van der Waals surface area contributed by atoms with E-state index in [1.807, 2.05) is 37.3 Å². The molecule has 0 aromatic heterocycles. The van der Waals surface area contributed by atoms with Gasteiger partial charge in [-0.1, -0.05) is 55.5 Å². The smallest absolute Gasteiger partial charge is 0.421 e. The van der Waals surface area contributed by atoms with Gasteiger partial charge in [-0.25, -0.2) is 9.69 Å². The van der Waals surface area contributed by atoms with Crippen LogP contribution in [0.2, 0.25) is 0 Å². The van der Waals surface area contributed by atoms with E-state index in [-0.39, 0.29) is 5.92 Å². The van der Waals surface area contributed by atoms with Crippen LogP contribution >= 0.6 is 0 Å². The van der Waals surface area contributed by atoms with Crippen LogP contribution in [-0.2, 0) is 24.5 Å². The highest BCUT2D eigenvalue weighted by molar-refractivity contribution is 6.32. The second-order valence-electron chi connectivity index (χ2n) is 9.24. The highest BCUT2D eigenvalue weighted by Gasteiger charge is 2.65. The minimum absolute atomic E-state index is 0.282. The maximum absolute atomic E-state index is 14.1. The number of hydrogen-bond acceptors (Lipinski definition) is 5. The average Bonchev–Trinajstić information content (AvgIpc) is 3.00. The third-order valence-corrected chi connectivity index (χ3v) is 6.16. The molecule has 0 saturated heterocycles. The minimum atomic E-state index is -1.59. The number of ketones is 1. The van der Waals surface area contributed by atoms with Gasteiger partial charge in [0.2, 0.25) is 0 Å². The summed E-state index contributed by atoms with van der Waals surface area (Å²) in [5, 5.41) is 0. The molecule has 2 amide bonds. The van der Waals surface area contributed by atoms with Crippen molar-refractivity contribution in [1.29, 1.82) is 0 Å². The summed E-state index contributed by atoms with van der Waals surface area (Å²) in [7, 11) is 1.52. The molecule has 6 nitrogen and oxygen atoms in total. The van der Waals surface area contributed by atoms with Gasteiger partial charge in [0, 0.05) is 23.5 Å². The molecule has 1 aliphatic heterocycles. The zero-order chi connectivity index (χ0) is 23.3. The lowest BCUT2D eigenvalue weighted by molar-refractivity contribution is -0.134. The standard InChI is InChI=1S/C26H27NO5/c1-16-20(31-5)15-21(28)26(22(16)17-11-7-6-8-12-17)18-13-9-10-14-19(18)27(23(26)29)24(30)32-25(2,3)4/h6-16,22H,1-5H3/t16-,22-,26+/m0/s1. The summed E-state index contributed by atoms with van der Waals surface area (Å²) in [4.78, 5) is 42.1. The van der Waals surface area contributed by atoms with E-state index in [1.54, 1.807) is 45.0 Å². The Morgan fingerprint density at radius 2 is 1.62 bits per heavy atom. The van der Waals surface area contributed by atoms with E-state index in [0.29, 0.717) is 17.0 Å². The van der Waals surface area contributed by atoms with E-state index >= 15 is 0 Å². The number of imide groups is 1. The number of nitrogens with zero attached hydrogens (tertiary/aromatic N) is 1. The molecule has 1 spiro atoms. The number of allylic oxidation sites excluding steroid dienone is 2. The Morgan fingerprint density at radius 1 is 1.00 bits per heavy atom. The highest BCUT2D eigenvalue weighted by atomic mass is 16.6. The van der Waals surface area contributed by atoms with Gasteiger partial charge in [0.25, 0.3) is 5.91 Å².